The van der Waals surface area contributed by atoms with Gasteiger partial charge >= 0.3 is 0 Å². The van der Waals surface area contributed by atoms with Gasteiger partial charge < -0.3 is 14.7 Å². The van der Waals surface area contributed by atoms with Gasteiger partial charge in [0.15, 0.2) is 11.5 Å². The first kappa shape index (κ1) is 18.2. The zero-order valence-electron chi connectivity index (χ0n) is 14.6. The number of hydrogen-bond acceptors (Lipinski definition) is 4. The first-order valence-electron chi connectivity index (χ1n) is 8.27. The molecule has 0 fully saturated rings. The Morgan fingerprint density at radius 2 is 1.85 bits per heavy atom. The molecule has 5 nitrogen and oxygen atoms in total. The Morgan fingerprint density at radius 1 is 1.15 bits per heavy atom. The molecule has 0 saturated carbocycles. The minimum absolute atomic E-state index is 0.0247. The molecule has 3 aromatic rings. The van der Waals surface area contributed by atoms with E-state index in [0.29, 0.717) is 17.3 Å². The molecule has 0 saturated heterocycles. The van der Waals surface area contributed by atoms with E-state index in [9.17, 15) is 4.79 Å². The van der Waals surface area contributed by atoms with Crippen LogP contribution in [0.1, 0.15) is 22.1 Å². The second kappa shape index (κ2) is 8.17. The summed E-state index contributed by atoms with van der Waals surface area (Å²) in [6.07, 6.45) is 0. The lowest BCUT2D eigenvalue weighted by Crippen LogP contribution is -2.34. The van der Waals surface area contributed by atoms with Gasteiger partial charge in [-0.1, -0.05) is 59.2 Å². The summed E-state index contributed by atoms with van der Waals surface area (Å²) in [5.74, 6) is 0.300. The number of nitrogens with one attached hydrogen (secondary N) is 1. The number of nitrogens with zero attached hydrogens (tertiary/aromatic N) is 2. The van der Waals surface area contributed by atoms with E-state index in [-0.39, 0.29) is 17.6 Å². The molecule has 134 valence electrons. The summed E-state index contributed by atoms with van der Waals surface area (Å²) in [4.78, 5) is 14.5. The lowest BCUT2D eigenvalue weighted by Gasteiger charge is -2.25. The van der Waals surface area contributed by atoms with E-state index in [1.165, 1.54) is 0 Å². The van der Waals surface area contributed by atoms with Crippen molar-refractivity contribution in [2.75, 3.05) is 20.6 Å². The van der Waals surface area contributed by atoms with Crippen LogP contribution in [0.25, 0.3) is 11.3 Å². The molecule has 0 unspecified atom stereocenters. The summed E-state index contributed by atoms with van der Waals surface area (Å²) in [6.45, 7) is 0.445. The number of rotatable bonds is 6. The van der Waals surface area contributed by atoms with Crippen molar-refractivity contribution in [2.24, 2.45) is 0 Å². The number of aromatic nitrogens is 1. The van der Waals surface area contributed by atoms with E-state index < -0.39 is 0 Å². The molecule has 6 heteroatoms. The van der Waals surface area contributed by atoms with Crippen LogP contribution >= 0.6 is 11.6 Å². The highest BCUT2D eigenvalue weighted by atomic mass is 35.5. The molecule has 0 radical (unpaired) electrons. The topological polar surface area (TPSA) is 58.4 Å². The smallest absolute Gasteiger partial charge is 0.273 e. The number of likely N-dealkylation sites (N-methyl/N-ethyl adjacent to an activating group) is 1. The summed E-state index contributed by atoms with van der Waals surface area (Å²) < 4.78 is 5.29. The number of carbonyl (C=O) groups excluding carboxylic acids is 1. The standard InChI is InChI=1S/C20H20ClN3O2/c1-24(2)18(14-8-10-16(21)11-9-14)13-22-20(25)17-12-19(26-23-17)15-6-4-3-5-7-15/h3-12,18H,13H2,1-2H3,(H,22,25)/t18-/m1/s1. The lowest BCUT2D eigenvalue weighted by atomic mass is 10.1. The molecule has 0 aliphatic heterocycles. The molecule has 0 aliphatic rings. The monoisotopic (exact) mass is 369 g/mol. The second-order valence-corrected chi connectivity index (χ2v) is 6.62. The Morgan fingerprint density at radius 3 is 2.50 bits per heavy atom. The maximum absolute atomic E-state index is 12.4. The van der Waals surface area contributed by atoms with Gasteiger partial charge in [-0.15, -0.1) is 0 Å². The molecule has 0 aliphatic carbocycles. The first-order valence-corrected chi connectivity index (χ1v) is 8.64. The van der Waals surface area contributed by atoms with Gasteiger partial charge in [0.1, 0.15) is 0 Å². The van der Waals surface area contributed by atoms with Crippen molar-refractivity contribution in [2.45, 2.75) is 6.04 Å². The minimum Gasteiger partial charge on any atom is -0.355 e. The van der Waals surface area contributed by atoms with E-state index in [1.807, 2.05) is 73.6 Å². The quantitative estimate of drug-likeness (QED) is 0.712. The van der Waals surface area contributed by atoms with E-state index in [2.05, 4.69) is 10.5 Å². The number of amides is 1. The fourth-order valence-corrected chi connectivity index (χ4v) is 2.81. The summed E-state index contributed by atoms with van der Waals surface area (Å²) in [5, 5.41) is 7.49. The van der Waals surface area contributed by atoms with E-state index in [4.69, 9.17) is 16.1 Å². The number of benzene rings is 2. The van der Waals surface area contributed by atoms with Crippen molar-refractivity contribution < 1.29 is 9.32 Å². The van der Waals surface area contributed by atoms with Crippen LogP contribution in [-0.4, -0.2) is 36.6 Å². The average Bonchev–Trinajstić information content (AvgIpc) is 3.14. The number of hydrogen-bond donors (Lipinski definition) is 1. The summed E-state index contributed by atoms with van der Waals surface area (Å²) in [5.41, 5.74) is 2.22. The van der Waals surface area contributed by atoms with Gasteiger partial charge in [-0.2, -0.15) is 0 Å². The molecule has 1 aromatic heterocycles. The van der Waals surface area contributed by atoms with E-state index >= 15 is 0 Å². The van der Waals surface area contributed by atoms with Crippen molar-refractivity contribution in [3.63, 3.8) is 0 Å². The molecule has 0 spiro atoms. The van der Waals surface area contributed by atoms with Gasteiger partial charge in [-0.25, -0.2) is 0 Å². The Balaban J connectivity index is 1.67. The van der Waals surface area contributed by atoms with Gasteiger partial charge in [0.25, 0.3) is 5.91 Å². The van der Waals surface area contributed by atoms with Crippen LogP contribution in [0, 0.1) is 0 Å². The van der Waals surface area contributed by atoms with Crippen molar-refractivity contribution in [1.82, 2.24) is 15.4 Å². The van der Waals surface area contributed by atoms with Crippen LogP contribution in [-0.2, 0) is 0 Å². The molecular weight excluding hydrogens is 350 g/mol. The van der Waals surface area contributed by atoms with Gasteiger partial charge in [-0.05, 0) is 31.8 Å². The van der Waals surface area contributed by atoms with Crippen molar-refractivity contribution >= 4 is 17.5 Å². The van der Waals surface area contributed by atoms with Crippen molar-refractivity contribution in [3.8, 4) is 11.3 Å². The highest BCUT2D eigenvalue weighted by molar-refractivity contribution is 6.30. The fraction of sp³-hybridized carbons (Fsp3) is 0.200. The third-order valence-corrected chi connectivity index (χ3v) is 4.39. The SMILES string of the molecule is CN(C)[C@H](CNC(=O)c1cc(-c2ccccc2)on1)c1ccc(Cl)cc1. The van der Waals surface area contributed by atoms with Crippen LogP contribution in [0.2, 0.25) is 5.02 Å². The van der Waals surface area contributed by atoms with Crippen molar-refractivity contribution in [3.05, 3.63) is 76.9 Å². The highest BCUT2D eigenvalue weighted by Crippen LogP contribution is 2.21. The molecular formula is C20H20ClN3O2. The first-order chi connectivity index (χ1) is 12.5. The summed E-state index contributed by atoms with van der Waals surface area (Å²) in [7, 11) is 3.93. The predicted molar refractivity (Wildman–Crippen MR) is 102 cm³/mol. The molecule has 1 heterocycles. The second-order valence-electron chi connectivity index (χ2n) is 6.18. The molecule has 1 N–H and O–H groups in total. The molecule has 2 aromatic carbocycles. The lowest BCUT2D eigenvalue weighted by molar-refractivity contribution is 0.0933. The Labute approximate surface area is 157 Å². The number of carbonyl (C=O) groups is 1. The highest BCUT2D eigenvalue weighted by Gasteiger charge is 2.18. The van der Waals surface area contributed by atoms with Crippen LogP contribution in [0.3, 0.4) is 0 Å². The van der Waals surface area contributed by atoms with Gasteiger partial charge in [0.05, 0.1) is 6.04 Å². The summed E-state index contributed by atoms with van der Waals surface area (Å²) >= 11 is 5.95. The van der Waals surface area contributed by atoms with Gasteiger partial charge in [0.2, 0.25) is 0 Å². The molecule has 1 atom stereocenters. The average molecular weight is 370 g/mol. The Kier molecular flexibility index (Phi) is 5.71. The summed E-state index contributed by atoms with van der Waals surface area (Å²) in [6, 6.07) is 18.8. The third kappa shape index (κ3) is 4.31. The Hall–Kier alpha value is -2.63. The zero-order valence-corrected chi connectivity index (χ0v) is 15.4. The maximum atomic E-state index is 12.4. The van der Waals surface area contributed by atoms with Crippen LogP contribution in [0.5, 0.6) is 0 Å². The predicted octanol–water partition coefficient (Wildman–Crippen LogP) is 4.03. The molecule has 26 heavy (non-hydrogen) atoms. The van der Waals surface area contributed by atoms with Crippen LogP contribution in [0.4, 0.5) is 0 Å². The number of halogens is 1. The van der Waals surface area contributed by atoms with Crippen molar-refractivity contribution in [1.29, 1.82) is 0 Å². The largest absolute Gasteiger partial charge is 0.355 e. The van der Waals surface area contributed by atoms with E-state index in [1.54, 1.807) is 6.07 Å². The normalized spacial score (nSPS) is 12.2. The van der Waals surface area contributed by atoms with Gasteiger partial charge in [0, 0.05) is 23.2 Å². The van der Waals surface area contributed by atoms with Crippen LogP contribution in [0.15, 0.2) is 65.2 Å². The molecule has 1 amide bonds. The fourth-order valence-electron chi connectivity index (χ4n) is 2.68. The maximum Gasteiger partial charge on any atom is 0.273 e. The zero-order chi connectivity index (χ0) is 18.5. The van der Waals surface area contributed by atoms with Gasteiger partial charge in [-0.3, -0.25) is 4.79 Å². The Bertz CT molecular complexity index is 860. The minimum atomic E-state index is -0.267. The molecule has 0 bridgehead atoms. The molecule has 3 rings (SSSR count). The third-order valence-electron chi connectivity index (χ3n) is 4.14. The van der Waals surface area contributed by atoms with E-state index in [0.717, 1.165) is 11.1 Å². The van der Waals surface area contributed by atoms with Crippen LogP contribution < -0.4 is 5.32 Å².